The van der Waals surface area contributed by atoms with Crippen LogP contribution in [-0.2, 0) is 22.4 Å². The number of thiophene rings is 1. The van der Waals surface area contributed by atoms with Crippen molar-refractivity contribution in [1.29, 1.82) is 0 Å². The Morgan fingerprint density at radius 3 is 2.74 bits per heavy atom. The van der Waals surface area contributed by atoms with Crippen LogP contribution in [0.1, 0.15) is 52.2 Å². The van der Waals surface area contributed by atoms with E-state index in [0.717, 1.165) is 36.1 Å². The number of carbonyl (C=O) groups excluding carboxylic acids is 1. The third kappa shape index (κ3) is 4.32. The molecule has 2 aromatic heterocycles. The first-order valence-corrected chi connectivity index (χ1v) is 11.9. The lowest BCUT2D eigenvalue weighted by molar-refractivity contribution is -0.137. The van der Waals surface area contributed by atoms with E-state index in [9.17, 15) is 19.5 Å². The zero-order chi connectivity index (χ0) is 22.1. The van der Waals surface area contributed by atoms with Gasteiger partial charge in [-0.15, -0.1) is 11.3 Å². The molecular formula is C21H20N2O5S3. The molecule has 0 bridgehead atoms. The highest BCUT2D eigenvalue weighted by molar-refractivity contribution is 8.26. The number of carboxylic acids is 2. The number of aromatic nitrogens is 1. The summed E-state index contributed by atoms with van der Waals surface area (Å²) < 4.78 is 2.22. The number of thioether (sulfide) groups is 1. The number of aliphatic carboxylic acids is 1. The van der Waals surface area contributed by atoms with Gasteiger partial charge in [-0.3, -0.25) is 14.5 Å². The van der Waals surface area contributed by atoms with Gasteiger partial charge in [0.05, 0.1) is 10.5 Å². The maximum absolute atomic E-state index is 12.8. The average Bonchev–Trinajstić information content (AvgIpc) is 3.39. The minimum Gasteiger partial charge on any atom is -0.481 e. The van der Waals surface area contributed by atoms with Gasteiger partial charge in [0.1, 0.15) is 9.32 Å². The summed E-state index contributed by atoms with van der Waals surface area (Å²) in [5, 5.41) is 19.3. The molecular weight excluding hydrogens is 456 g/mol. The number of hydrogen-bond acceptors (Lipinski definition) is 6. The first-order valence-electron chi connectivity index (χ1n) is 9.89. The Labute approximate surface area is 192 Å². The van der Waals surface area contributed by atoms with Crippen LogP contribution in [0.15, 0.2) is 23.2 Å². The number of thiocarbonyl (C=S) groups is 1. The Morgan fingerprint density at radius 1 is 1.23 bits per heavy atom. The number of nitrogens with zero attached hydrogens (tertiary/aromatic N) is 2. The van der Waals surface area contributed by atoms with Crippen molar-refractivity contribution in [1.82, 2.24) is 9.47 Å². The lowest BCUT2D eigenvalue weighted by atomic mass is 9.95. The predicted molar refractivity (Wildman–Crippen MR) is 124 cm³/mol. The molecule has 162 valence electrons. The molecule has 2 aliphatic rings. The minimum absolute atomic E-state index is 0.0278. The second kappa shape index (κ2) is 8.97. The minimum atomic E-state index is -0.932. The highest BCUT2D eigenvalue weighted by atomic mass is 32.2. The maximum atomic E-state index is 12.8. The van der Waals surface area contributed by atoms with Gasteiger partial charge in [-0.25, -0.2) is 4.79 Å². The Balaban J connectivity index is 1.64. The Hall–Kier alpha value is -2.43. The molecule has 1 aliphatic heterocycles. The molecule has 4 rings (SSSR count). The smallest absolute Gasteiger partial charge is 0.339 e. The van der Waals surface area contributed by atoms with Gasteiger partial charge in [0.25, 0.3) is 5.91 Å². The number of fused-ring (bicyclic) bond motifs is 1. The van der Waals surface area contributed by atoms with Gasteiger partial charge in [-0.05, 0) is 55.9 Å². The number of aryl methyl sites for hydroxylation is 1. The van der Waals surface area contributed by atoms with Crippen LogP contribution < -0.4 is 0 Å². The van der Waals surface area contributed by atoms with Crippen LogP contribution >= 0.6 is 35.3 Å². The van der Waals surface area contributed by atoms with Crippen molar-refractivity contribution in [3.63, 3.8) is 0 Å². The highest BCUT2D eigenvalue weighted by Crippen LogP contribution is 2.39. The molecule has 0 radical (unpaired) electrons. The molecule has 1 fully saturated rings. The van der Waals surface area contributed by atoms with Gasteiger partial charge >= 0.3 is 11.9 Å². The van der Waals surface area contributed by atoms with E-state index in [1.807, 2.05) is 22.9 Å². The monoisotopic (exact) mass is 476 g/mol. The third-order valence-electron chi connectivity index (χ3n) is 5.29. The number of carbonyl (C=O) groups is 3. The second-order valence-electron chi connectivity index (χ2n) is 7.33. The van der Waals surface area contributed by atoms with E-state index in [1.165, 1.54) is 28.0 Å². The lowest BCUT2D eigenvalue weighted by Gasteiger charge is -2.13. The molecule has 1 saturated heterocycles. The topological polar surface area (TPSA) is 99.8 Å². The van der Waals surface area contributed by atoms with Crippen molar-refractivity contribution in [2.45, 2.75) is 38.5 Å². The van der Waals surface area contributed by atoms with Crippen molar-refractivity contribution in [2.24, 2.45) is 0 Å². The fraction of sp³-hybridized carbons (Fsp3) is 0.333. The molecule has 1 aliphatic carbocycles. The zero-order valence-electron chi connectivity index (χ0n) is 16.5. The fourth-order valence-corrected chi connectivity index (χ4v) is 6.53. The first kappa shape index (κ1) is 21.8. The van der Waals surface area contributed by atoms with Crippen LogP contribution in [-0.4, -0.2) is 48.4 Å². The number of rotatable bonds is 7. The van der Waals surface area contributed by atoms with E-state index < -0.39 is 11.9 Å². The van der Waals surface area contributed by atoms with Gasteiger partial charge in [-0.1, -0.05) is 24.0 Å². The standard InChI is InChI=1S/C21H20N2O5S3/c24-16(25)8-4-10-23-18(26)15(31-21(23)29)11-12-5-3-9-22(12)19-17(20(27)28)13-6-1-2-7-14(13)30-19/h3,5,9,11H,1-2,4,6-8,10H2,(H,24,25)(H,27,28)/b15-11-. The zero-order valence-corrected chi connectivity index (χ0v) is 18.9. The summed E-state index contributed by atoms with van der Waals surface area (Å²) >= 11 is 7.99. The first-order chi connectivity index (χ1) is 14.9. The van der Waals surface area contributed by atoms with Crippen LogP contribution in [0.4, 0.5) is 0 Å². The maximum Gasteiger partial charge on any atom is 0.339 e. The molecule has 2 aromatic rings. The number of carboxylic acid groups (broad SMARTS) is 2. The highest BCUT2D eigenvalue weighted by Gasteiger charge is 2.32. The number of aromatic carboxylic acids is 1. The van der Waals surface area contributed by atoms with Gasteiger partial charge in [0, 0.05) is 29.7 Å². The largest absolute Gasteiger partial charge is 0.481 e. The lowest BCUT2D eigenvalue weighted by Crippen LogP contribution is -2.29. The molecule has 31 heavy (non-hydrogen) atoms. The van der Waals surface area contributed by atoms with Gasteiger partial charge < -0.3 is 14.8 Å². The van der Waals surface area contributed by atoms with Crippen molar-refractivity contribution in [3.8, 4) is 5.00 Å². The summed E-state index contributed by atoms with van der Waals surface area (Å²) in [5.41, 5.74) is 1.99. The van der Waals surface area contributed by atoms with Crippen LogP contribution in [0.3, 0.4) is 0 Å². The van der Waals surface area contributed by atoms with Crippen LogP contribution in [0.2, 0.25) is 0 Å². The Morgan fingerprint density at radius 2 is 2.00 bits per heavy atom. The molecule has 3 heterocycles. The summed E-state index contributed by atoms with van der Waals surface area (Å²) in [5.74, 6) is -2.09. The second-order valence-corrected chi connectivity index (χ2v) is 10.1. The third-order valence-corrected chi connectivity index (χ3v) is 7.96. The summed E-state index contributed by atoms with van der Waals surface area (Å²) in [4.78, 5) is 38.6. The van der Waals surface area contributed by atoms with E-state index in [2.05, 4.69) is 0 Å². The molecule has 1 amide bonds. The van der Waals surface area contributed by atoms with Crippen molar-refractivity contribution < 1.29 is 24.6 Å². The van der Waals surface area contributed by atoms with Crippen molar-refractivity contribution >= 4 is 63.6 Å². The Bertz CT molecular complexity index is 1110. The average molecular weight is 477 g/mol. The Kier molecular flexibility index (Phi) is 6.31. The van der Waals surface area contributed by atoms with E-state index in [1.54, 1.807) is 6.08 Å². The molecule has 0 unspecified atom stereocenters. The molecule has 0 saturated carbocycles. The summed E-state index contributed by atoms with van der Waals surface area (Å²) in [6.07, 6.45) is 7.56. The summed E-state index contributed by atoms with van der Waals surface area (Å²) in [6, 6.07) is 3.66. The van der Waals surface area contributed by atoms with E-state index in [4.69, 9.17) is 17.3 Å². The molecule has 7 nitrogen and oxygen atoms in total. The molecule has 10 heteroatoms. The molecule has 0 atom stereocenters. The molecule has 2 N–H and O–H groups in total. The number of amides is 1. The number of hydrogen-bond donors (Lipinski definition) is 2. The van der Waals surface area contributed by atoms with Crippen molar-refractivity contribution in [3.05, 3.63) is 44.9 Å². The predicted octanol–water partition coefficient (Wildman–Crippen LogP) is 4.18. The summed E-state index contributed by atoms with van der Waals surface area (Å²) in [6.45, 7) is 0.260. The van der Waals surface area contributed by atoms with E-state index in [0.29, 0.717) is 31.9 Å². The van der Waals surface area contributed by atoms with Gasteiger partial charge in [0.15, 0.2) is 0 Å². The molecule has 0 aromatic carbocycles. The summed E-state index contributed by atoms with van der Waals surface area (Å²) in [7, 11) is 0. The molecule has 0 spiro atoms. The SMILES string of the molecule is O=C(O)CCCN1C(=O)/C(=C/c2cccn2-c2sc3c(c2C(=O)O)CCCC3)SC1=S. The quantitative estimate of drug-likeness (QED) is 0.457. The van der Waals surface area contributed by atoms with Crippen LogP contribution in [0.25, 0.3) is 11.1 Å². The van der Waals surface area contributed by atoms with E-state index in [-0.39, 0.29) is 18.9 Å². The van der Waals surface area contributed by atoms with E-state index >= 15 is 0 Å². The van der Waals surface area contributed by atoms with Gasteiger partial charge in [-0.2, -0.15) is 0 Å². The fourth-order valence-electron chi connectivity index (χ4n) is 3.85. The van der Waals surface area contributed by atoms with Crippen molar-refractivity contribution in [2.75, 3.05) is 6.54 Å². The van der Waals surface area contributed by atoms with Crippen LogP contribution in [0, 0.1) is 0 Å². The van der Waals surface area contributed by atoms with Crippen LogP contribution in [0.5, 0.6) is 0 Å². The van der Waals surface area contributed by atoms with Gasteiger partial charge in [0.2, 0.25) is 0 Å². The normalized spacial score (nSPS) is 17.4.